The van der Waals surface area contributed by atoms with E-state index in [4.69, 9.17) is 9.47 Å². The summed E-state index contributed by atoms with van der Waals surface area (Å²) in [6.45, 7) is 4.40. The van der Waals surface area contributed by atoms with Crippen LogP contribution in [0.3, 0.4) is 0 Å². The maximum absolute atomic E-state index is 11.5. The molecule has 0 aliphatic heterocycles. The predicted molar refractivity (Wildman–Crippen MR) is 73.4 cm³/mol. The van der Waals surface area contributed by atoms with Gasteiger partial charge in [0.05, 0.1) is 19.3 Å². The van der Waals surface area contributed by atoms with Gasteiger partial charge in [-0.1, -0.05) is 6.92 Å². The fraction of sp³-hybridized carbons (Fsp3) is 0.533. The summed E-state index contributed by atoms with van der Waals surface area (Å²) in [4.78, 5) is 11.5. The van der Waals surface area contributed by atoms with Gasteiger partial charge in [0, 0.05) is 12.1 Å². The number of ether oxygens (including phenoxy) is 2. The molecule has 0 heterocycles. The molecule has 0 amide bonds. The molecule has 1 aliphatic carbocycles. The Morgan fingerprint density at radius 1 is 1.42 bits per heavy atom. The lowest BCUT2D eigenvalue weighted by Gasteiger charge is -2.13. The molecule has 1 saturated carbocycles. The third-order valence-corrected chi connectivity index (χ3v) is 3.22. The van der Waals surface area contributed by atoms with Crippen molar-refractivity contribution in [2.45, 2.75) is 26.3 Å². The van der Waals surface area contributed by atoms with Crippen LogP contribution < -0.4 is 10.1 Å². The van der Waals surface area contributed by atoms with Crippen molar-refractivity contribution in [1.29, 1.82) is 0 Å². The lowest BCUT2D eigenvalue weighted by atomic mass is 10.1. The number of carbonyl (C=O) groups excluding carboxylic acids is 1. The Balaban J connectivity index is 2.11. The summed E-state index contributed by atoms with van der Waals surface area (Å²) in [5.41, 5.74) is 1.57. The topological polar surface area (TPSA) is 47.6 Å². The summed E-state index contributed by atoms with van der Waals surface area (Å²) in [5.74, 6) is 1.26. The van der Waals surface area contributed by atoms with Crippen molar-refractivity contribution >= 4 is 5.97 Å². The number of benzene rings is 1. The summed E-state index contributed by atoms with van der Waals surface area (Å²) in [7, 11) is 1.39. The van der Waals surface area contributed by atoms with Crippen LogP contribution in [0.1, 0.15) is 35.7 Å². The zero-order valence-corrected chi connectivity index (χ0v) is 11.6. The van der Waals surface area contributed by atoms with Gasteiger partial charge >= 0.3 is 5.97 Å². The second-order valence-electron chi connectivity index (χ2n) is 4.85. The minimum Gasteiger partial charge on any atom is -0.493 e. The van der Waals surface area contributed by atoms with Crippen molar-refractivity contribution in [2.24, 2.45) is 5.92 Å². The van der Waals surface area contributed by atoms with E-state index in [2.05, 4.69) is 12.2 Å². The third kappa shape index (κ3) is 3.96. The van der Waals surface area contributed by atoms with Gasteiger partial charge < -0.3 is 14.8 Å². The summed E-state index contributed by atoms with van der Waals surface area (Å²) >= 11 is 0. The summed E-state index contributed by atoms with van der Waals surface area (Å²) in [6.07, 6.45) is 2.53. The van der Waals surface area contributed by atoms with Crippen molar-refractivity contribution < 1.29 is 14.3 Å². The van der Waals surface area contributed by atoms with E-state index in [-0.39, 0.29) is 5.97 Å². The molecule has 104 valence electrons. The van der Waals surface area contributed by atoms with Crippen LogP contribution in [-0.2, 0) is 11.3 Å². The van der Waals surface area contributed by atoms with Gasteiger partial charge in [0.25, 0.3) is 0 Å². The van der Waals surface area contributed by atoms with Gasteiger partial charge in [0.2, 0.25) is 0 Å². The fourth-order valence-corrected chi connectivity index (χ4v) is 1.86. The molecule has 1 N–H and O–H groups in total. The van der Waals surface area contributed by atoms with Gasteiger partial charge in [-0.05, 0) is 43.5 Å². The Labute approximate surface area is 114 Å². The first-order valence-corrected chi connectivity index (χ1v) is 6.79. The zero-order chi connectivity index (χ0) is 13.7. The second kappa shape index (κ2) is 6.57. The Hall–Kier alpha value is -1.55. The number of rotatable bonds is 7. The van der Waals surface area contributed by atoms with Crippen LogP contribution in [0, 0.1) is 5.92 Å². The molecule has 1 aliphatic rings. The molecule has 0 spiro atoms. The summed E-state index contributed by atoms with van der Waals surface area (Å²) in [5, 5.41) is 3.26. The van der Waals surface area contributed by atoms with Crippen molar-refractivity contribution in [1.82, 2.24) is 5.32 Å². The van der Waals surface area contributed by atoms with Gasteiger partial charge in [-0.25, -0.2) is 4.79 Å². The zero-order valence-electron chi connectivity index (χ0n) is 11.6. The summed E-state index contributed by atoms with van der Waals surface area (Å²) < 4.78 is 10.6. The predicted octanol–water partition coefficient (Wildman–Crippen LogP) is 2.37. The molecule has 1 fully saturated rings. The molecule has 0 radical (unpaired) electrons. The Morgan fingerprint density at radius 2 is 2.21 bits per heavy atom. The van der Waals surface area contributed by atoms with E-state index in [1.54, 1.807) is 6.07 Å². The Kier molecular flexibility index (Phi) is 4.80. The van der Waals surface area contributed by atoms with E-state index in [1.165, 1.54) is 20.0 Å². The van der Waals surface area contributed by atoms with Gasteiger partial charge in [-0.3, -0.25) is 0 Å². The van der Waals surface area contributed by atoms with E-state index in [1.807, 2.05) is 12.1 Å². The molecule has 0 atom stereocenters. The monoisotopic (exact) mass is 263 g/mol. The van der Waals surface area contributed by atoms with Crippen LogP contribution in [0.5, 0.6) is 5.75 Å². The molecule has 0 saturated heterocycles. The van der Waals surface area contributed by atoms with Crippen LogP contribution in [-0.4, -0.2) is 26.2 Å². The fourth-order valence-electron chi connectivity index (χ4n) is 1.86. The Bertz CT molecular complexity index is 441. The van der Waals surface area contributed by atoms with Crippen LogP contribution in [0.15, 0.2) is 18.2 Å². The first-order valence-electron chi connectivity index (χ1n) is 6.79. The lowest BCUT2D eigenvalue weighted by molar-refractivity contribution is 0.0600. The molecule has 1 aromatic rings. The Morgan fingerprint density at radius 3 is 2.84 bits per heavy atom. The van der Waals surface area contributed by atoms with Crippen molar-refractivity contribution in [3.8, 4) is 5.75 Å². The van der Waals surface area contributed by atoms with Gasteiger partial charge in [-0.15, -0.1) is 0 Å². The quantitative estimate of drug-likeness (QED) is 0.767. The SMILES string of the molecule is CCNCc1cc(C(=O)OC)ccc1OCC1CC1. The molecule has 19 heavy (non-hydrogen) atoms. The number of carbonyl (C=O) groups is 1. The average Bonchev–Trinajstić information content (AvgIpc) is 3.26. The molecule has 1 aromatic carbocycles. The minimum atomic E-state index is -0.313. The van der Waals surface area contributed by atoms with E-state index in [9.17, 15) is 4.79 Å². The molecule has 4 nitrogen and oxygen atoms in total. The lowest BCUT2D eigenvalue weighted by Crippen LogP contribution is -2.14. The third-order valence-electron chi connectivity index (χ3n) is 3.22. The standard InChI is InChI=1S/C15H21NO3/c1-3-16-9-13-8-12(15(17)18-2)6-7-14(13)19-10-11-4-5-11/h6-8,11,16H,3-5,9-10H2,1-2H3. The maximum Gasteiger partial charge on any atom is 0.337 e. The average molecular weight is 263 g/mol. The van der Waals surface area contributed by atoms with E-state index in [0.717, 1.165) is 24.5 Å². The van der Waals surface area contributed by atoms with Crippen molar-refractivity contribution in [3.63, 3.8) is 0 Å². The number of esters is 1. The highest BCUT2D eigenvalue weighted by molar-refractivity contribution is 5.89. The highest BCUT2D eigenvalue weighted by Crippen LogP contribution is 2.30. The molecule has 0 unspecified atom stereocenters. The van der Waals surface area contributed by atoms with E-state index in [0.29, 0.717) is 18.0 Å². The van der Waals surface area contributed by atoms with E-state index < -0.39 is 0 Å². The smallest absolute Gasteiger partial charge is 0.337 e. The molecular weight excluding hydrogens is 242 g/mol. The maximum atomic E-state index is 11.5. The number of hydrogen-bond donors (Lipinski definition) is 1. The van der Waals surface area contributed by atoms with Crippen molar-refractivity contribution in [3.05, 3.63) is 29.3 Å². The molecule has 2 rings (SSSR count). The van der Waals surface area contributed by atoms with E-state index >= 15 is 0 Å². The number of nitrogens with one attached hydrogen (secondary N) is 1. The van der Waals surface area contributed by atoms with Crippen LogP contribution in [0.25, 0.3) is 0 Å². The largest absolute Gasteiger partial charge is 0.493 e. The van der Waals surface area contributed by atoms with Crippen molar-refractivity contribution in [2.75, 3.05) is 20.3 Å². The van der Waals surface area contributed by atoms with Crippen LogP contribution >= 0.6 is 0 Å². The summed E-state index contributed by atoms with van der Waals surface area (Å²) in [6, 6.07) is 5.46. The second-order valence-corrected chi connectivity index (χ2v) is 4.85. The molecule has 0 bridgehead atoms. The minimum absolute atomic E-state index is 0.313. The normalized spacial score (nSPS) is 14.2. The molecule has 0 aromatic heterocycles. The molecule has 4 heteroatoms. The van der Waals surface area contributed by atoms with Gasteiger partial charge in [0.1, 0.15) is 5.75 Å². The molecular formula is C15H21NO3. The number of hydrogen-bond acceptors (Lipinski definition) is 4. The van der Waals surface area contributed by atoms with Crippen LogP contribution in [0.2, 0.25) is 0 Å². The highest BCUT2D eigenvalue weighted by Gasteiger charge is 2.22. The first-order chi connectivity index (χ1) is 9.24. The highest BCUT2D eigenvalue weighted by atomic mass is 16.5. The van der Waals surface area contributed by atoms with Gasteiger partial charge in [0.15, 0.2) is 0 Å². The number of methoxy groups -OCH3 is 1. The first kappa shape index (κ1) is 13.9. The van der Waals surface area contributed by atoms with Crippen LogP contribution in [0.4, 0.5) is 0 Å². The van der Waals surface area contributed by atoms with Gasteiger partial charge in [-0.2, -0.15) is 0 Å².